The maximum absolute atomic E-state index is 12.8. The van der Waals surface area contributed by atoms with E-state index in [4.69, 9.17) is 4.74 Å². The van der Waals surface area contributed by atoms with Crippen LogP contribution < -0.4 is 0 Å². The number of rotatable bonds is 11. The molecule has 0 aliphatic heterocycles. The molecule has 0 radical (unpaired) electrons. The summed E-state index contributed by atoms with van der Waals surface area (Å²) in [7, 11) is 0. The molecule has 0 aromatic heterocycles. The molecule has 0 unspecified atom stereocenters. The van der Waals surface area contributed by atoms with Gasteiger partial charge >= 0.3 is 5.97 Å². The third kappa shape index (κ3) is 8.00. The van der Waals surface area contributed by atoms with Crippen molar-refractivity contribution >= 4 is 5.97 Å². The fourth-order valence-corrected chi connectivity index (χ4v) is 7.22. The van der Waals surface area contributed by atoms with Crippen molar-refractivity contribution in [2.45, 2.75) is 148 Å². The van der Waals surface area contributed by atoms with Crippen LogP contribution in [0.15, 0.2) is 0 Å². The molecule has 3 fully saturated rings. The Labute approximate surface area is 204 Å². The fraction of sp³-hybridized carbons (Fsp3) is 0.933. The van der Waals surface area contributed by atoms with Crippen LogP contribution in [0.5, 0.6) is 0 Å². The first-order valence-corrected chi connectivity index (χ1v) is 14.7. The summed E-state index contributed by atoms with van der Waals surface area (Å²) < 4.78 is 6.03. The Kier molecular flexibility index (Phi) is 11.1. The number of carbonyl (C=O) groups excluding carboxylic acids is 1. The molecule has 0 amide bonds. The number of ether oxygens (including phenoxy) is 1. The van der Waals surface area contributed by atoms with Gasteiger partial charge in [-0.3, -0.25) is 4.79 Å². The zero-order valence-electron chi connectivity index (χ0n) is 21.8. The van der Waals surface area contributed by atoms with Gasteiger partial charge in [-0.1, -0.05) is 58.8 Å². The van der Waals surface area contributed by atoms with E-state index in [0.29, 0.717) is 0 Å². The van der Waals surface area contributed by atoms with E-state index in [2.05, 4.69) is 19.9 Å². The van der Waals surface area contributed by atoms with Crippen molar-refractivity contribution in [1.29, 1.82) is 5.26 Å². The van der Waals surface area contributed by atoms with Gasteiger partial charge in [0.05, 0.1) is 17.4 Å². The minimum atomic E-state index is -0.0357. The highest BCUT2D eigenvalue weighted by atomic mass is 16.5. The highest BCUT2D eigenvalue weighted by Crippen LogP contribution is 2.47. The lowest BCUT2D eigenvalue weighted by Gasteiger charge is -2.40. The molecule has 0 atom stereocenters. The minimum absolute atomic E-state index is 0.0357. The third-order valence-corrected chi connectivity index (χ3v) is 9.52. The average molecular weight is 458 g/mol. The fourth-order valence-electron chi connectivity index (χ4n) is 7.22. The molecule has 3 aliphatic carbocycles. The van der Waals surface area contributed by atoms with Crippen LogP contribution in [0.3, 0.4) is 0 Å². The first-order chi connectivity index (χ1) is 16.1. The summed E-state index contributed by atoms with van der Waals surface area (Å²) in [5, 5.41) is 9.68. The number of unbranched alkanes of at least 4 members (excludes halogenated alkanes) is 4. The predicted molar refractivity (Wildman–Crippen MR) is 136 cm³/mol. The van der Waals surface area contributed by atoms with Crippen LogP contribution in [0, 0.1) is 40.4 Å². The Bertz CT molecular complexity index is 599. The van der Waals surface area contributed by atoms with Gasteiger partial charge in [-0.25, -0.2) is 0 Å². The van der Waals surface area contributed by atoms with Crippen LogP contribution in [-0.2, 0) is 9.53 Å². The smallest absolute Gasteiger partial charge is 0.309 e. The highest BCUT2D eigenvalue weighted by Gasteiger charge is 2.38. The molecule has 0 heterocycles. The maximum Gasteiger partial charge on any atom is 0.309 e. The summed E-state index contributed by atoms with van der Waals surface area (Å²) in [5.74, 6) is 2.69. The van der Waals surface area contributed by atoms with Crippen LogP contribution in [0.1, 0.15) is 142 Å². The first-order valence-electron chi connectivity index (χ1n) is 14.7. The predicted octanol–water partition coefficient (Wildman–Crippen LogP) is 8.76. The van der Waals surface area contributed by atoms with Crippen LogP contribution >= 0.6 is 0 Å². The molecule has 33 heavy (non-hydrogen) atoms. The largest absolute Gasteiger partial charge is 0.462 e. The number of nitrogens with zero attached hydrogens (tertiary/aromatic N) is 1. The van der Waals surface area contributed by atoms with E-state index < -0.39 is 0 Å². The lowest BCUT2D eigenvalue weighted by atomic mass is 9.64. The second-order valence-corrected chi connectivity index (χ2v) is 11.9. The average Bonchev–Trinajstić information content (AvgIpc) is 2.85. The molecule has 0 bridgehead atoms. The molecule has 0 N–H and O–H groups in total. The van der Waals surface area contributed by atoms with Gasteiger partial charge in [-0.15, -0.1) is 0 Å². The van der Waals surface area contributed by atoms with Gasteiger partial charge in [0.2, 0.25) is 0 Å². The molecular formula is C30H51NO2. The summed E-state index contributed by atoms with van der Waals surface area (Å²) >= 11 is 0. The molecule has 3 heteroatoms. The molecule has 188 valence electrons. The van der Waals surface area contributed by atoms with Gasteiger partial charge in [0.25, 0.3) is 0 Å². The first kappa shape index (κ1) is 26.6. The number of nitriles is 1. The molecule has 3 nitrogen and oxygen atoms in total. The van der Waals surface area contributed by atoms with E-state index in [0.717, 1.165) is 69.1 Å². The lowest BCUT2D eigenvalue weighted by molar-refractivity contribution is -0.157. The second kappa shape index (κ2) is 13.7. The molecule has 3 saturated carbocycles. The zero-order valence-corrected chi connectivity index (χ0v) is 21.8. The van der Waals surface area contributed by atoms with Gasteiger partial charge in [-0.05, 0) is 101 Å². The Morgan fingerprint density at radius 3 is 2.06 bits per heavy atom. The maximum atomic E-state index is 12.8. The summed E-state index contributed by atoms with van der Waals surface area (Å²) in [6.45, 7) is 4.48. The van der Waals surface area contributed by atoms with Crippen molar-refractivity contribution in [3.63, 3.8) is 0 Å². The van der Waals surface area contributed by atoms with Crippen molar-refractivity contribution in [3.05, 3.63) is 0 Å². The van der Waals surface area contributed by atoms with Crippen molar-refractivity contribution in [1.82, 2.24) is 0 Å². The Hall–Kier alpha value is -1.04. The lowest BCUT2D eigenvalue weighted by Crippen LogP contribution is -2.34. The van der Waals surface area contributed by atoms with Crippen LogP contribution in [0.25, 0.3) is 0 Å². The standard InChI is InChI=1S/C30H51NO2/c1-3-5-6-7-8-9-24-10-12-27(13-11-24)29(32)33-28-16-14-25(15-17-28)26-18-21-30(23-31,20-4-2)22-19-26/h24-28H,3-22H2,1-2H3. The monoisotopic (exact) mass is 457 g/mol. The second-order valence-electron chi connectivity index (χ2n) is 11.9. The molecule has 0 saturated heterocycles. The molecule has 0 aromatic carbocycles. The molecular weight excluding hydrogens is 406 g/mol. The van der Waals surface area contributed by atoms with Crippen LogP contribution in [0.4, 0.5) is 0 Å². The van der Waals surface area contributed by atoms with E-state index >= 15 is 0 Å². The summed E-state index contributed by atoms with van der Waals surface area (Å²) in [6, 6.07) is 2.66. The van der Waals surface area contributed by atoms with Crippen LogP contribution in [0.2, 0.25) is 0 Å². The Morgan fingerprint density at radius 2 is 1.45 bits per heavy atom. The van der Waals surface area contributed by atoms with Crippen LogP contribution in [-0.4, -0.2) is 12.1 Å². The van der Waals surface area contributed by atoms with Gasteiger partial charge in [0.1, 0.15) is 6.10 Å². The number of hydrogen-bond acceptors (Lipinski definition) is 3. The Morgan fingerprint density at radius 1 is 0.818 bits per heavy atom. The number of hydrogen-bond donors (Lipinski definition) is 0. The normalized spacial score (nSPS) is 35.0. The molecule has 3 rings (SSSR count). The SMILES string of the molecule is CCCCCCCC1CCC(C(=O)OC2CCC(C3CCC(C#N)(CCC)CC3)CC2)CC1. The summed E-state index contributed by atoms with van der Waals surface area (Å²) in [6.07, 6.45) is 24.3. The summed E-state index contributed by atoms with van der Waals surface area (Å²) in [4.78, 5) is 12.8. The van der Waals surface area contributed by atoms with Gasteiger partial charge in [0.15, 0.2) is 0 Å². The third-order valence-electron chi connectivity index (χ3n) is 9.52. The number of carbonyl (C=O) groups is 1. The quantitative estimate of drug-likeness (QED) is 0.230. The van der Waals surface area contributed by atoms with E-state index in [1.54, 1.807) is 0 Å². The Balaban J connectivity index is 1.30. The van der Waals surface area contributed by atoms with E-state index in [9.17, 15) is 10.1 Å². The van der Waals surface area contributed by atoms with E-state index in [1.807, 2.05) is 0 Å². The highest BCUT2D eigenvalue weighted by molar-refractivity contribution is 5.72. The van der Waals surface area contributed by atoms with Crippen molar-refractivity contribution in [2.75, 3.05) is 0 Å². The number of esters is 1. The zero-order chi connectivity index (χ0) is 23.5. The van der Waals surface area contributed by atoms with E-state index in [-0.39, 0.29) is 23.4 Å². The van der Waals surface area contributed by atoms with E-state index in [1.165, 1.54) is 77.0 Å². The minimum Gasteiger partial charge on any atom is -0.462 e. The topological polar surface area (TPSA) is 50.1 Å². The van der Waals surface area contributed by atoms with Gasteiger partial charge < -0.3 is 4.74 Å². The molecule has 3 aliphatic rings. The van der Waals surface area contributed by atoms with Gasteiger partial charge in [-0.2, -0.15) is 5.26 Å². The van der Waals surface area contributed by atoms with Crippen molar-refractivity contribution in [2.24, 2.45) is 29.1 Å². The van der Waals surface area contributed by atoms with Crippen molar-refractivity contribution < 1.29 is 9.53 Å². The van der Waals surface area contributed by atoms with Gasteiger partial charge in [0, 0.05) is 0 Å². The molecule has 0 spiro atoms. The molecule has 0 aromatic rings. The van der Waals surface area contributed by atoms with Crippen molar-refractivity contribution in [3.8, 4) is 6.07 Å². The summed E-state index contributed by atoms with van der Waals surface area (Å²) in [5.41, 5.74) is -0.0357.